The third-order valence-electron chi connectivity index (χ3n) is 5.71. The van der Waals surface area contributed by atoms with Gasteiger partial charge in [0.05, 0.1) is 0 Å². The van der Waals surface area contributed by atoms with Gasteiger partial charge in [0.25, 0.3) is 0 Å². The minimum atomic E-state index is -3.96. The first-order chi connectivity index (χ1) is 16.9. The van der Waals surface area contributed by atoms with Gasteiger partial charge in [0.1, 0.15) is 27.8 Å². The Bertz CT molecular complexity index is 1590. The number of benzene rings is 3. The van der Waals surface area contributed by atoms with Crippen LogP contribution in [0.3, 0.4) is 0 Å². The summed E-state index contributed by atoms with van der Waals surface area (Å²) in [6.07, 6.45) is 1.98. The molecule has 0 aliphatic rings. The highest BCUT2D eigenvalue weighted by molar-refractivity contribution is 7.87. The van der Waals surface area contributed by atoms with E-state index in [2.05, 4.69) is 17.4 Å². The van der Waals surface area contributed by atoms with Crippen LogP contribution in [-0.2, 0) is 16.7 Å². The maximum atomic E-state index is 12.8. The summed E-state index contributed by atoms with van der Waals surface area (Å²) < 4.78 is 33.1. The Labute approximate surface area is 205 Å². The summed E-state index contributed by atoms with van der Waals surface area (Å²) in [4.78, 5) is 4.97. The number of aryl methyl sites for hydroxylation is 2. The van der Waals surface area contributed by atoms with Crippen molar-refractivity contribution in [3.8, 4) is 17.0 Å². The van der Waals surface area contributed by atoms with Crippen LogP contribution in [0.1, 0.15) is 16.7 Å². The lowest BCUT2D eigenvalue weighted by molar-refractivity contribution is 0.486. The van der Waals surface area contributed by atoms with E-state index in [-0.39, 0.29) is 10.6 Å². The van der Waals surface area contributed by atoms with Crippen LogP contribution in [0, 0.1) is 13.8 Å². The average molecular weight is 484 g/mol. The van der Waals surface area contributed by atoms with E-state index in [9.17, 15) is 8.42 Å². The van der Waals surface area contributed by atoms with Gasteiger partial charge in [-0.1, -0.05) is 60.2 Å². The van der Waals surface area contributed by atoms with Crippen molar-refractivity contribution in [3.63, 3.8) is 0 Å². The summed E-state index contributed by atoms with van der Waals surface area (Å²) in [7, 11) is -3.96. The fourth-order valence-electron chi connectivity index (χ4n) is 3.87. The first-order valence-electron chi connectivity index (χ1n) is 11.3. The second kappa shape index (κ2) is 9.27. The molecule has 0 fully saturated rings. The Morgan fingerprint density at radius 3 is 2.40 bits per heavy atom. The minimum absolute atomic E-state index is 0.113. The van der Waals surface area contributed by atoms with Crippen molar-refractivity contribution in [2.24, 2.45) is 0 Å². The van der Waals surface area contributed by atoms with Crippen LogP contribution in [0.2, 0.25) is 0 Å². The Morgan fingerprint density at radius 1 is 0.857 bits per heavy atom. The van der Waals surface area contributed by atoms with Gasteiger partial charge in [-0.25, -0.2) is 4.98 Å². The van der Waals surface area contributed by atoms with Crippen LogP contribution in [-0.4, -0.2) is 17.8 Å². The molecular weight excluding hydrogens is 458 g/mol. The number of nitrogens with zero attached hydrogens (tertiary/aromatic N) is 2. The number of aromatic nitrogens is 2. The molecule has 1 N–H and O–H groups in total. The molecule has 0 atom stereocenters. The zero-order valence-electron chi connectivity index (χ0n) is 19.5. The number of anilines is 1. The molecule has 5 aromatic rings. The highest BCUT2D eigenvalue weighted by atomic mass is 32.2. The van der Waals surface area contributed by atoms with Gasteiger partial charge in [-0.2, -0.15) is 8.42 Å². The Kier molecular flexibility index (Phi) is 6.01. The Hall–Kier alpha value is -4.10. The minimum Gasteiger partial charge on any atom is -0.379 e. The number of nitrogens with one attached hydrogen (secondary N) is 1. The van der Waals surface area contributed by atoms with Gasteiger partial charge in [0, 0.05) is 18.3 Å². The lowest BCUT2D eigenvalue weighted by atomic mass is 10.1. The van der Waals surface area contributed by atoms with Crippen LogP contribution < -0.4 is 9.50 Å². The molecule has 0 spiro atoms. The predicted octanol–water partition coefficient (Wildman–Crippen LogP) is 6.00. The third-order valence-corrected chi connectivity index (χ3v) is 6.97. The lowest BCUT2D eigenvalue weighted by Gasteiger charge is -2.11. The van der Waals surface area contributed by atoms with Crippen LogP contribution in [0.5, 0.6) is 5.75 Å². The summed E-state index contributed by atoms with van der Waals surface area (Å²) in [5, 5.41) is 3.51. The SMILES string of the molecule is Cc1ccc(S(=O)(=O)Oc2cccc(-c3nc4cc(C)ccn4c3NCc3ccccc3)c2)cc1. The molecule has 0 aliphatic heterocycles. The van der Waals surface area contributed by atoms with Crippen molar-refractivity contribution < 1.29 is 12.6 Å². The van der Waals surface area contributed by atoms with Crippen molar-refractivity contribution in [1.29, 1.82) is 0 Å². The number of hydrogen-bond donors (Lipinski definition) is 1. The van der Waals surface area contributed by atoms with E-state index >= 15 is 0 Å². The number of imidazole rings is 1. The molecule has 0 bridgehead atoms. The first kappa shape index (κ1) is 22.7. The summed E-state index contributed by atoms with van der Waals surface area (Å²) in [6, 6.07) is 27.7. The van der Waals surface area contributed by atoms with Crippen LogP contribution in [0.25, 0.3) is 16.9 Å². The average Bonchev–Trinajstić information content (AvgIpc) is 3.21. The largest absolute Gasteiger partial charge is 0.379 e. The Morgan fingerprint density at radius 2 is 1.63 bits per heavy atom. The number of hydrogen-bond acceptors (Lipinski definition) is 5. The second-order valence-corrected chi connectivity index (χ2v) is 10.0. The number of pyridine rings is 1. The van der Waals surface area contributed by atoms with Crippen LogP contribution in [0.15, 0.2) is 102 Å². The fraction of sp³-hybridized carbons (Fsp3) is 0.107. The van der Waals surface area contributed by atoms with Gasteiger partial charge in [0.2, 0.25) is 0 Å². The van der Waals surface area contributed by atoms with Gasteiger partial charge >= 0.3 is 10.1 Å². The van der Waals surface area contributed by atoms with Crippen molar-refractivity contribution in [2.45, 2.75) is 25.3 Å². The molecule has 0 unspecified atom stereocenters. The van der Waals surface area contributed by atoms with E-state index in [1.54, 1.807) is 42.5 Å². The summed E-state index contributed by atoms with van der Waals surface area (Å²) in [5.74, 6) is 1.05. The van der Waals surface area contributed by atoms with E-state index < -0.39 is 10.1 Å². The van der Waals surface area contributed by atoms with Crippen LogP contribution >= 0.6 is 0 Å². The molecule has 0 amide bonds. The van der Waals surface area contributed by atoms with Gasteiger partial charge < -0.3 is 9.50 Å². The standard InChI is InChI=1S/C28H25N3O3S/c1-20-11-13-25(14-12-20)35(32,33)34-24-10-6-9-23(18-24)27-28(29-19-22-7-4-3-5-8-22)31-16-15-21(2)17-26(31)30-27/h3-18,29H,19H2,1-2H3. The molecule has 6 nitrogen and oxygen atoms in total. The summed E-state index contributed by atoms with van der Waals surface area (Å²) >= 11 is 0. The van der Waals surface area contributed by atoms with E-state index in [1.807, 2.05) is 60.8 Å². The molecule has 7 heteroatoms. The van der Waals surface area contributed by atoms with E-state index in [4.69, 9.17) is 9.17 Å². The third kappa shape index (κ3) is 4.90. The fourth-order valence-corrected chi connectivity index (χ4v) is 4.80. The lowest BCUT2D eigenvalue weighted by Crippen LogP contribution is -2.09. The normalized spacial score (nSPS) is 11.5. The molecule has 0 saturated carbocycles. The quantitative estimate of drug-likeness (QED) is 0.288. The first-order valence-corrected chi connectivity index (χ1v) is 12.7. The molecule has 0 saturated heterocycles. The van der Waals surface area contributed by atoms with Gasteiger partial charge in [-0.15, -0.1) is 0 Å². The number of rotatable bonds is 7. The van der Waals surface area contributed by atoms with Crippen molar-refractivity contribution in [2.75, 3.05) is 5.32 Å². The topological polar surface area (TPSA) is 72.7 Å². The molecule has 3 aromatic carbocycles. The second-order valence-electron chi connectivity index (χ2n) is 8.46. The van der Waals surface area contributed by atoms with E-state index in [0.29, 0.717) is 12.2 Å². The monoisotopic (exact) mass is 483 g/mol. The highest BCUT2D eigenvalue weighted by Crippen LogP contribution is 2.32. The molecule has 5 rings (SSSR count). The molecule has 0 aliphatic carbocycles. The van der Waals surface area contributed by atoms with E-state index in [1.165, 1.54) is 0 Å². The maximum absolute atomic E-state index is 12.8. The molecule has 35 heavy (non-hydrogen) atoms. The zero-order valence-corrected chi connectivity index (χ0v) is 20.3. The van der Waals surface area contributed by atoms with E-state index in [0.717, 1.165) is 33.7 Å². The zero-order chi connectivity index (χ0) is 24.4. The number of fused-ring (bicyclic) bond motifs is 1. The molecule has 0 radical (unpaired) electrons. The van der Waals surface area contributed by atoms with Gasteiger partial charge in [-0.3, -0.25) is 4.40 Å². The summed E-state index contributed by atoms with van der Waals surface area (Å²) in [6.45, 7) is 4.55. The van der Waals surface area contributed by atoms with Crippen LogP contribution in [0.4, 0.5) is 5.82 Å². The summed E-state index contributed by atoms with van der Waals surface area (Å²) in [5.41, 5.74) is 5.48. The smallest absolute Gasteiger partial charge is 0.339 e. The maximum Gasteiger partial charge on any atom is 0.339 e. The highest BCUT2D eigenvalue weighted by Gasteiger charge is 2.19. The molecular formula is C28H25N3O3S. The Balaban J connectivity index is 1.51. The van der Waals surface area contributed by atoms with Gasteiger partial charge in [0.15, 0.2) is 0 Å². The van der Waals surface area contributed by atoms with Crippen molar-refractivity contribution in [1.82, 2.24) is 9.38 Å². The van der Waals surface area contributed by atoms with Crippen molar-refractivity contribution in [3.05, 3.63) is 114 Å². The molecule has 2 heterocycles. The van der Waals surface area contributed by atoms with Crippen molar-refractivity contribution >= 4 is 21.6 Å². The molecule has 2 aromatic heterocycles. The predicted molar refractivity (Wildman–Crippen MR) is 138 cm³/mol. The molecule has 176 valence electrons. The van der Waals surface area contributed by atoms with Gasteiger partial charge in [-0.05, 0) is 61.4 Å².